The zero-order chi connectivity index (χ0) is 17.7. The largest absolute Gasteiger partial charge is 0.468 e. The maximum absolute atomic E-state index is 12.6. The Morgan fingerprint density at radius 1 is 1.29 bits per heavy atom. The van der Waals surface area contributed by atoms with E-state index in [9.17, 15) is 22.8 Å². The van der Waals surface area contributed by atoms with Crippen molar-refractivity contribution in [3.05, 3.63) is 23.9 Å². The first-order chi connectivity index (χ1) is 11.3. The lowest BCUT2D eigenvalue weighted by Crippen LogP contribution is -2.44. The third-order valence-electron chi connectivity index (χ3n) is 3.72. The predicted octanol–water partition coefficient (Wildman–Crippen LogP) is 1.89. The molecule has 0 atom stereocenters. The SMILES string of the molecule is NC(=O)CN(C(=O)c1ccc(OCC(F)(F)F)nc1)C1CCCC1. The number of aromatic nitrogens is 1. The summed E-state index contributed by atoms with van der Waals surface area (Å²) in [5.74, 6) is -1.27. The molecule has 1 saturated carbocycles. The van der Waals surface area contributed by atoms with Crippen LogP contribution >= 0.6 is 0 Å². The second-order valence-corrected chi connectivity index (χ2v) is 5.63. The number of pyridine rings is 1. The molecule has 0 saturated heterocycles. The molecular formula is C15H18F3N3O3. The van der Waals surface area contributed by atoms with Gasteiger partial charge < -0.3 is 15.4 Å². The lowest BCUT2D eigenvalue weighted by Gasteiger charge is -2.27. The second kappa shape index (κ2) is 7.50. The number of alkyl halides is 3. The molecular weight excluding hydrogens is 327 g/mol. The molecule has 1 heterocycles. The fourth-order valence-electron chi connectivity index (χ4n) is 2.66. The lowest BCUT2D eigenvalue weighted by atomic mass is 10.1. The Balaban J connectivity index is 2.07. The minimum absolute atomic E-state index is 0.0637. The lowest BCUT2D eigenvalue weighted by molar-refractivity contribution is -0.154. The van der Waals surface area contributed by atoms with Crippen molar-refractivity contribution >= 4 is 11.8 Å². The van der Waals surface area contributed by atoms with Crippen LogP contribution in [0.15, 0.2) is 18.3 Å². The number of carbonyl (C=O) groups excluding carboxylic acids is 2. The minimum atomic E-state index is -4.46. The number of hydrogen-bond acceptors (Lipinski definition) is 4. The summed E-state index contributed by atoms with van der Waals surface area (Å²) in [6, 6.07) is 2.45. The Bertz CT molecular complexity index is 584. The average Bonchev–Trinajstić information content (AvgIpc) is 3.04. The summed E-state index contributed by atoms with van der Waals surface area (Å²) in [6.07, 6.45) is 0.192. The van der Waals surface area contributed by atoms with Gasteiger partial charge in [0.15, 0.2) is 6.61 Å². The predicted molar refractivity (Wildman–Crippen MR) is 78.3 cm³/mol. The zero-order valence-electron chi connectivity index (χ0n) is 12.9. The zero-order valence-corrected chi connectivity index (χ0v) is 12.9. The number of ether oxygens (including phenoxy) is 1. The molecule has 1 aliphatic rings. The molecule has 0 spiro atoms. The number of carbonyl (C=O) groups is 2. The van der Waals surface area contributed by atoms with Crippen LogP contribution in [0.4, 0.5) is 13.2 Å². The second-order valence-electron chi connectivity index (χ2n) is 5.63. The summed E-state index contributed by atoms with van der Waals surface area (Å²) in [5.41, 5.74) is 5.38. The van der Waals surface area contributed by atoms with E-state index >= 15 is 0 Å². The molecule has 0 radical (unpaired) electrons. The number of nitrogens with zero attached hydrogens (tertiary/aromatic N) is 2. The Labute approximate surface area is 136 Å². The van der Waals surface area contributed by atoms with E-state index in [0.717, 1.165) is 31.9 Å². The highest BCUT2D eigenvalue weighted by atomic mass is 19.4. The van der Waals surface area contributed by atoms with Crippen LogP contribution in [-0.2, 0) is 4.79 Å². The third-order valence-corrected chi connectivity index (χ3v) is 3.72. The van der Waals surface area contributed by atoms with Crippen LogP contribution in [0.3, 0.4) is 0 Å². The molecule has 0 aromatic carbocycles. The average molecular weight is 345 g/mol. The Morgan fingerprint density at radius 3 is 2.46 bits per heavy atom. The summed E-state index contributed by atoms with van der Waals surface area (Å²) >= 11 is 0. The first kappa shape index (κ1) is 18.0. The van der Waals surface area contributed by atoms with E-state index in [1.165, 1.54) is 17.0 Å². The highest BCUT2D eigenvalue weighted by Gasteiger charge is 2.30. The van der Waals surface area contributed by atoms with Gasteiger partial charge in [-0.25, -0.2) is 4.98 Å². The number of hydrogen-bond donors (Lipinski definition) is 1. The van der Waals surface area contributed by atoms with Gasteiger partial charge in [-0.2, -0.15) is 13.2 Å². The molecule has 1 aromatic rings. The van der Waals surface area contributed by atoms with Crippen LogP contribution in [0.2, 0.25) is 0 Å². The molecule has 0 aliphatic heterocycles. The van der Waals surface area contributed by atoms with Gasteiger partial charge in [0.25, 0.3) is 5.91 Å². The summed E-state index contributed by atoms with van der Waals surface area (Å²) in [5, 5.41) is 0. The van der Waals surface area contributed by atoms with Crippen molar-refractivity contribution in [3.63, 3.8) is 0 Å². The quantitative estimate of drug-likeness (QED) is 0.853. The Kier molecular flexibility index (Phi) is 5.63. The van der Waals surface area contributed by atoms with Crippen molar-refractivity contribution in [3.8, 4) is 5.88 Å². The van der Waals surface area contributed by atoms with E-state index in [1.807, 2.05) is 0 Å². The summed E-state index contributed by atoms with van der Waals surface area (Å²) < 4.78 is 40.8. The van der Waals surface area contributed by atoms with E-state index in [2.05, 4.69) is 9.72 Å². The van der Waals surface area contributed by atoms with Crippen LogP contribution in [0.25, 0.3) is 0 Å². The van der Waals surface area contributed by atoms with E-state index in [4.69, 9.17) is 5.73 Å². The van der Waals surface area contributed by atoms with Crippen molar-refractivity contribution in [2.45, 2.75) is 37.9 Å². The topological polar surface area (TPSA) is 85.5 Å². The van der Waals surface area contributed by atoms with E-state index in [1.54, 1.807) is 0 Å². The third kappa shape index (κ3) is 5.10. The molecule has 1 fully saturated rings. The number of amides is 2. The maximum Gasteiger partial charge on any atom is 0.422 e. The smallest absolute Gasteiger partial charge is 0.422 e. The molecule has 24 heavy (non-hydrogen) atoms. The molecule has 9 heteroatoms. The Morgan fingerprint density at radius 2 is 1.96 bits per heavy atom. The Hall–Kier alpha value is -2.32. The normalized spacial score (nSPS) is 15.3. The number of halogens is 3. The van der Waals surface area contributed by atoms with Crippen LogP contribution in [0.1, 0.15) is 36.0 Å². The monoisotopic (exact) mass is 345 g/mol. The van der Waals surface area contributed by atoms with Gasteiger partial charge >= 0.3 is 6.18 Å². The van der Waals surface area contributed by atoms with Crippen molar-refractivity contribution < 1.29 is 27.5 Å². The van der Waals surface area contributed by atoms with Gasteiger partial charge in [0.2, 0.25) is 11.8 Å². The molecule has 1 aliphatic carbocycles. The van der Waals surface area contributed by atoms with Gasteiger partial charge in [-0.15, -0.1) is 0 Å². The van der Waals surface area contributed by atoms with Crippen molar-refractivity contribution in [1.29, 1.82) is 0 Å². The number of rotatable bonds is 6. The van der Waals surface area contributed by atoms with Gasteiger partial charge in [-0.05, 0) is 18.9 Å². The maximum atomic E-state index is 12.6. The van der Waals surface area contributed by atoms with Crippen molar-refractivity contribution in [2.75, 3.05) is 13.2 Å². The fourth-order valence-corrected chi connectivity index (χ4v) is 2.66. The van der Waals surface area contributed by atoms with Gasteiger partial charge in [0.1, 0.15) is 0 Å². The van der Waals surface area contributed by atoms with E-state index in [0.29, 0.717) is 0 Å². The van der Waals surface area contributed by atoms with Gasteiger partial charge in [0, 0.05) is 18.3 Å². The van der Waals surface area contributed by atoms with E-state index < -0.39 is 24.6 Å². The van der Waals surface area contributed by atoms with Crippen molar-refractivity contribution in [2.24, 2.45) is 5.73 Å². The van der Waals surface area contributed by atoms with Gasteiger partial charge in [-0.1, -0.05) is 12.8 Å². The highest BCUT2D eigenvalue weighted by molar-refractivity contribution is 5.96. The fraction of sp³-hybridized carbons (Fsp3) is 0.533. The minimum Gasteiger partial charge on any atom is -0.468 e. The van der Waals surface area contributed by atoms with Crippen LogP contribution < -0.4 is 10.5 Å². The summed E-state index contributed by atoms with van der Waals surface area (Å²) in [7, 11) is 0. The van der Waals surface area contributed by atoms with Gasteiger partial charge in [0.05, 0.1) is 12.1 Å². The molecule has 2 amide bonds. The molecule has 6 nitrogen and oxygen atoms in total. The summed E-state index contributed by atoms with van der Waals surface area (Å²) in [4.78, 5) is 28.9. The number of nitrogens with two attached hydrogens (primary N) is 1. The molecule has 0 unspecified atom stereocenters. The first-order valence-electron chi connectivity index (χ1n) is 7.51. The molecule has 2 N–H and O–H groups in total. The van der Waals surface area contributed by atoms with E-state index in [-0.39, 0.29) is 24.0 Å². The molecule has 0 bridgehead atoms. The van der Waals surface area contributed by atoms with Gasteiger partial charge in [-0.3, -0.25) is 9.59 Å². The molecule has 1 aromatic heterocycles. The van der Waals surface area contributed by atoms with Crippen LogP contribution in [-0.4, -0.2) is 47.1 Å². The number of primary amides is 1. The standard InChI is InChI=1S/C15H18F3N3O3/c16-15(17,18)9-24-13-6-5-10(7-20-13)14(23)21(8-12(19)22)11-3-1-2-4-11/h5-7,11H,1-4,8-9H2,(H2,19,22). The first-order valence-corrected chi connectivity index (χ1v) is 7.51. The summed E-state index contributed by atoms with van der Waals surface area (Å²) in [6.45, 7) is -1.65. The van der Waals surface area contributed by atoms with Crippen LogP contribution in [0, 0.1) is 0 Å². The van der Waals surface area contributed by atoms with Crippen LogP contribution in [0.5, 0.6) is 5.88 Å². The van der Waals surface area contributed by atoms with Crippen molar-refractivity contribution in [1.82, 2.24) is 9.88 Å². The molecule has 2 rings (SSSR count). The molecule has 132 valence electrons. The highest BCUT2D eigenvalue weighted by Crippen LogP contribution is 2.25.